The number of nitrogens with zero attached hydrogens (tertiary/aromatic N) is 1. The Kier molecular flexibility index (Phi) is 6.20. The van der Waals surface area contributed by atoms with Gasteiger partial charge in [-0.25, -0.2) is 4.98 Å². The van der Waals surface area contributed by atoms with Gasteiger partial charge in [0, 0.05) is 20.7 Å². The molecule has 0 atom stereocenters. The molecule has 7 heteroatoms. The standard InChI is InChI=1S/C14H14Br2N2O2S/c1-2-20-12(19)7-6-9-8-21-14(17-9)18-13-10(15)4-3-5-11(13)16/h3-5,8H,2,6-7H2,1H3,(H,17,18). The van der Waals surface area contributed by atoms with Crippen LogP contribution in [0.5, 0.6) is 0 Å². The zero-order chi connectivity index (χ0) is 15.2. The van der Waals surface area contributed by atoms with Gasteiger partial charge in [-0.15, -0.1) is 11.3 Å². The molecule has 2 aromatic rings. The second-order valence-corrected chi connectivity index (χ2v) is 6.74. The number of ether oxygens (including phenoxy) is 1. The zero-order valence-corrected chi connectivity index (χ0v) is 15.3. The average molecular weight is 434 g/mol. The van der Waals surface area contributed by atoms with E-state index in [1.165, 1.54) is 11.3 Å². The Bertz CT molecular complexity index is 611. The van der Waals surface area contributed by atoms with E-state index in [1.807, 2.05) is 23.6 Å². The molecule has 1 heterocycles. The highest BCUT2D eigenvalue weighted by atomic mass is 79.9. The van der Waals surface area contributed by atoms with E-state index in [0.29, 0.717) is 19.4 Å². The number of benzene rings is 1. The molecule has 0 saturated heterocycles. The number of aromatic nitrogens is 1. The highest BCUT2D eigenvalue weighted by Gasteiger charge is 2.09. The Labute approximate surface area is 144 Å². The van der Waals surface area contributed by atoms with Crippen LogP contribution in [-0.2, 0) is 16.0 Å². The van der Waals surface area contributed by atoms with Crippen LogP contribution in [-0.4, -0.2) is 17.6 Å². The molecule has 1 aromatic heterocycles. The highest BCUT2D eigenvalue weighted by molar-refractivity contribution is 9.11. The second kappa shape index (κ2) is 7.91. The third-order valence-corrected chi connectivity index (χ3v) is 4.77. The van der Waals surface area contributed by atoms with Crippen molar-refractivity contribution >= 4 is 60.0 Å². The average Bonchev–Trinajstić information content (AvgIpc) is 2.89. The molecule has 0 saturated carbocycles. The lowest BCUT2D eigenvalue weighted by Gasteiger charge is -2.07. The van der Waals surface area contributed by atoms with E-state index in [9.17, 15) is 4.79 Å². The first-order chi connectivity index (χ1) is 10.1. The van der Waals surface area contributed by atoms with Crippen molar-refractivity contribution in [3.8, 4) is 0 Å². The number of carbonyl (C=O) groups is 1. The van der Waals surface area contributed by atoms with Crippen molar-refractivity contribution in [2.24, 2.45) is 0 Å². The van der Waals surface area contributed by atoms with E-state index in [4.69, 9.17) is 4.74 Å². The summed E-state index contributed by atoms with van der Waals surface area (Å²) in [4.78, 5) is 15.8. The lowest BCUT2D eigenvalue weighted by atomic mass is 10.2. The molecule has 0 aliphatic rings. The molecular formula is C14H14Br2N2O2S. The van der Waals surface area contributed by atoms with Crippen LogP contribution in [0.25, 0.3) is 0 Å². The molecule has 21 heavy (non-hydrogen) atoms. The highest BCUT2D eigenvalue weighted by Crippen LogP contribution is 2.34. The summed E-state index contributed by atoms with van der Waals surface area (Å²) in [7, 11) is 0. The van der Waals surface area contributed by atoms with Gasteiger partial charge < -0.3 is 10.1 Å². The van der Waals surface area contributed by atoms with E-state index >= 15 is 0 Å². The van der Waals surface area contributed by atoms with Crippen LogP contribution in [0.15, 0.2) is 32.5 Å². The summed E-state index contributed by atoms with van der Waals surface area (Å²) in [6.45, 7) is 2.22. The third-order valence-electron chi connectivity index (χ3n) is 2.64. The van der Waals surface area contributed by atoms with E-state index in [2.05, 4.69) is 42.2 Å². The van der Waals surface area contributed by atoms with Gasteiger partial charge in [0.25, 0.3) is 0 Å². The Hall–Kier alpha value is -0.920. The number of anilines is 2. The predicted molar refractivity (Wildman–Crippen MR) is 92.2 cm³/mol. The minimum Gasteiger partial charge on any atom is -0.466 e. The number of hydrogen-bond acceptors (Lipinski definition) is 5. The second-order valence-electron chi connectivity index (χ2n) is 4.17. The van der Waals surface area contributed by atoms with Gasteiger partial charge in [-0.2, -0.15) is 0 Å². The van der Waals surface area contributed by atoms with Crippen molar-refractivity contribution in [3.05, 3.63) is 38.2 Å². The van der Waals surface area contributed by atoms with Crippen molar-refractivity contribution in [3.63, 3.8) is 0 Å². The van der Waals surface area contributed by atoms with Crippen molar-refractivity contribution in [1.82, 2.24) is 4.98 Å². The topological polar surface area (TPSA) is 51.2 Å². The number of esters is 1. The quantitative estimate of drug-likeness (QED) is 0.657. The summed E-state index contributed by atoms with van der Waals surface area (Å²) < 4.78 is 6.82. The number of para-hydroxylation sites is 1. The fraction of sp³-hybridized carbons (Fsp3) is 0.286. The van der Waals surface area contributed by atoms with Crippen LogP contribution < -0.4 is 5.32 Å². The molecule has 0 amide bonds. The summed E-state index contributed by atoms with van der Waals surface area (Å²) >= 11 is 8.51. The molecule has 0 aliphatic heterocycles. The Morgan fingerprint density at radius 2 is 2.10 bits per heavy atom. The largest absolute Gasteiger partial charge is 0.466 e. The van der Waals surface area contributed by atoms with Gasteiger partial charge in [0.15, 0.2) is 5.13 Å². The van der Waals surface area contributed by atoms with Crippen molar-refractivity contribution in [2.75, 3.05) is 11.9 Å². The Morgan fingerprint density at radius 1 is 1.38 bits per heavy atom. The van der Waals surface area contributed by atoms with Gasteiger partial charge in [-0.1, -0.05) is 6.07 Å². The monoisotopic (exact) mass is 432 g/mol. The molecule has 0 radical (unpaired) electrons. The molecular weight excluding hydrogens is 420 g/mol. The molecule has 1 aromatic carbocycles. The Balaban J connectivity index is 1.99. The number of thiazole rings is 1. The maximum Gasteiger partial charge on any atom is 0.306 e. The van der Waals surface area contributed by atoms with Gasteiger partial charge in [-0.3, -0.25) is 4.79 Å². The molecule has 0 aliphatic carbocycles. The summed E-state index contributed by atoms with van der Waals surface area (Å²) in [5, 5.41) is 6.01. The van der Waals surface area contributed by atoms with Gasteiger partial charge >= 0.3 is 5.97 Å². The molecule has 0 bridgehead atoms. The molecule has 0 spiro atoms. The van der Waals surface area contributed by atoms with Crippen LogP contribution in [0.1, 0.15) is 19.0 Å². The molecule has 1 N–H and O–H groups in total. The lowest BCUT2D eigenvalue weighted by Crippen LogP contribution is -2.05. The zero-order valence-electron chi connectivity index (χ0n) is 11.4. The molecule has 2 rings (SSSR count). The maximum absolute atomic E-state index is 11.3. The maximum atomic E-state index is 11.3. The van der Waals surface area contributed by atoms with Gasteiger partial charge in [-0.05, 0) is 50.9 Å². The molecule has 112 valence electrons. The van der Waals surface area contributed by atoms with Crippen molar-refractivity contribution in [2.45, 2.75) is 19.8 Å². The first-order valence-corrected chi connectivity index (χ1v) is 8.87. The fourth-order valence-electron chi connectivity index (χ4n) is 1.67. The number of carbonyl (C=O) groups excluding carboxylic acids is 1. The van der Waals surface area contributed by atoms with E-state index in [1.54, 1.807) is 6.92 Å². The fourth-order valence-corrected chi connectivity index (χ4v) is 3.61. The van der Waals surface area contributed by atoms with Crippen LogP contribution in [0.2, 0.25) is 0 Å². The van der Waals surface area contributed by atoms with Gasteiger partial charge in [0.1, 0.15) is 0 Å². The SMILES string of the molecule is CCOC(=O)CCc1csc(Nc2c(Br)cccc2Br)n1. The predicted octanol–water partition coefficient (Wildman–Crippen LogP) is 4.91. The van der Waals surface area contributed by atoms with Crippen molar-refractivity contribution in [1.29, 1.82) is 0 Å². The van der Waals surface area contributed by atoms with E-state index in [0.717, 1.165) is 25.5 Å². The van der Waals surface area contributed by atoms with Crippen LogP contribution >= 0.6 is 43.2 Å². The number of aryl methyl sites for hydroxylation is 1. The first-order valence-electron chi connectivity index (χ1n) is 6.41. The number of nitrogens with one attached hydrogen (secondary N) is 1. The van der Waals surface area contributed by atoms with Gasteiger partial charge in [0.2, 0.25) is 0 Å². The minimum absolute atomic E-state index is 0.187. The number of hydrogen-bond donors (Lipinski definition) is 1. The lowest BCUT2D eigenvalue weighted by molar-refractivity contribution is -0.143. The van der Waals surface area contributed by atoms with E-state index in [-0.39, 0.29) is 5.97 Å². The number of rotatable bonds is 6. The molecule has 0 unspecified atom stereocenters. The Morgan fingerprint density at radius 3 is 2.76 bits per heavy atom. The normalized spacial score (nSPS) is 10.4. The first kappa shape index (κ1) is 16.5. The smallest absolute Gasteiger partial charge is 0.306 e. The number of halogens is 2. The summed E-state index contributed by atoms with van der Waals surface area (Å²) in [6.07, 6.45) is 0.948. The minimum atomic E-state index is -0.187. The molecule has 4 nitrogen and oxygen atoms in total. The van der Waals surface area contributed by atoms with Gasteiger partial charge in [0.05, 0.1) is 24.4 Å². The van der Waals surface area contributed by atoms with Crippen molar-refractivity contribution < 1.29 is 9.53 Å². The van der Waals surface area contributed by atoms with E-state index < -0.39 is 0 Å². The third kappa shape index (κ3) is 4.79. The summed E-state index contributed by atoms with van der Waals surface area (Å²) in [5.41, 5.74) is 1.82. The summed E-state index contributed by atoms with van der Waals surface area (Å²) in [6, 6.07) is 5.87. The molecule has 0 fully saturated rings. The van der Waals surface area contributed by atoms with Crippen LogP contribution in [0, 0.1) is 0 Å². The van der Waals surface area contributed by atoms with Crippen LogP contribution in [0.3, 0.4) is 0 Å². The van der Waals surface area contributed by atoms with Crippen LogP contribution in [0.4, 0.5) is 10.8 Å². The summed E-state index contributed by atoms with van der Waals surface area (Å²) in [5.74, 6) is -0.187.